The average Bonchev–Trinajstić information content (AvgIpc) is 3.13. The molecule has 2 aliphatic rings. The Morgan fingerprint density at radius 2 is 1.86 bits per heavy atom. The van der Waals surface area contributed by atoms with Crippen molar-refractivity contribution in [2.75, 3.05) is 46.3 Å². The highest BCUT2D eigenvalue weighted by Gasteiger charge is 2.52. The number of likely N-dealkylation sites (tertiary alicyclic amines) is 1. The van der Waals surface area contributed by atoms with Crippen molar-refractivity contribution in [3.8, 4) is 0 Å². The Kier molecular flexibility index (Phi) is 5.17. The zero-order valence-electron chi connectivity index (χ0n) is 16.3. The summed E-state index contributed by atoms with van der Waals surface area (Å²) in [6.45, 7) is 4.36. The summed E-state index contributed by atoms with van der Waals surface area (Å²) in [7, 11) is 2.10. The van der Waals surface area contributed by atoms with Crippen LogP contribution in [-0.2, 0) is 11.2 Å². The van der Waals surface area contributed by atoms with E-state index in [0.29, 0.717) is 25.1 Å². The molecule has 2 fully saturated rings. The predicted molar refractivity (Wildman–Crippen MR) is 106 cm³/mol. The van der Waals surface area contributed by atoms with Crippen molar-refractivity contribution in [2.45, 2.75) is 12.8 Å². The van der Waals surface area contributed by atoms with Crippen LogP contribution in [0.2, 0.25) is 0 Å². The lowest BCUT2D eigenvalue weighted by Gasteiger charge is -2.50. The summed E-state index contributed by atoms with van der Waals surface area (Å²) in [5, 5.41) is 6.54. The molecule has 4 rings (SSSR count). The zero-order valence-corrected chi connectivity index (χ0v) is 16.3. The molecule has 2 saturated heterocycles. The minimum Gasteiger partial charge on any atom is -0.341 e. The van der Waals surface area contributed by atoms with Crippen LogP contribution in [0.1, 0.15) is 22.3 Å². The predicted octanol–water partition coefficient (Wildman–Crippen LogP) is 1.26. The fraction of sp³-hybridized carbons (Fsp3) is 0.476. The van der Waals surface area contributed by atoms with E-state index in [2.05, 4.69) is 34.3 Å². The van der Waals surface area contributed by atoms with Crippen LogP contribution in [0.15, 0.2) is 42.7 Å². The Morgan fingerprint density at radius 1 is 1.07 bits per heavy atom. The highest BCUT2D eigenvalue weighted by molar-refractivity contribution is 5.96. The summed E-state index contributed by atoms with van der Waals surface area (Å²) in [5.41, 5.74) is 1.14. The van der Waals surface area contributed by atoms with Crippen molar-refractivity contribution < 1.29 is 9.59 Å². The van der Waals surface area contributed by atoms with Gasteiger partial charge >= 0.3 is 0 Å². The minimum absolute atomic E-state index is 0.0687. The average molecular weight is 381 g/mol. The molecule has 0 radical (unpaired) electrons. The van der Waals surface area contributed by atoms with E-state index in [1.165, 1.54) is 6.20 Å². The van der Waals surface area contributed by atoms with Crippen LogP contribution in [-0.4, -0.2) is 83.0 Å². The highest BCUT2D eigenvalue weighted by Crippen LogP contribution is 2.37. The molecule has 0 spiro atoms. The molecule has 2 amide bonds. The largest absolute Gasteiger partial charge is 0.341 e. The van der Waals surface area contributed by atoms with E-state index in [1.54, 1.807) is 11.1 Å². The molecule has 0 atom stereocenters. The van der Waals surface area contributed by atoms with Crippen LogP contribution in [0.5, 0.6) is 0 Å². The highest BCUT2D eigenvalue weighted by atomic mass is 16.2. The van der Waals surface area contributed by atoms with Crippen LogP contribution in [0.25, 0.3) is 0 Å². The second-order valence-electron chi connectivity index (χ2n) is 8.04. The Hall–Kier alpha value is -2.67. The fourth-order valence-corrected chi connectivity index (χ4v) is 4.27. The number of aromatic nitrogens is 2. The van der Waals surface area contributed by atoms with Gasteiger partial charge in [-0.15, -0.1) is 0 Å². The maximum Gasteiger partial charge on any atom is 0.257 e. The first-order chi connectivity index (χ1) is 13.6. The van der Waals surface area contributed by atoms with E-state index in [0.717, 1.165) is 38.2 Å². The number of likely N-dealkylation sites (N-methyl/N-ethyl adjacent to an activating group) is 1. The van der Waals surface area contributed by atoms with E-state index in [9.17, 15) is 9.59 Å². The van der Waals surface area contributed by atoms with Gasteiger partial charge in [0.2, 0.25) is 5.91 Å². The van der Waals surface area contributed by atoms with E-state index >= 15 is 0 Å². The van der Waals surface area contributed by atoms with Gasteiger partial charge in [0, 0.05) is 38.9 Å². The number of nitrogens with zero attached hydrogens (tertiary/aromatic N) is 4. The standard InChI is InChI=1S/C21H27N5O2/c1-24-8-5-9-25(11-10-24)20(28)21(12-17-6-3-2-4-7-17)15-26(16-21)19(27)18-13-22-23-14-18/h2-4,6-7,13-14H,5,8-12,15-16H2,1H3,(H,22,23). The lowest BCUT2D eigenvalue weighted by molar-refractivity contribution is -0.150. The zero-order chi connectivity index (χ0) is 19.6. The van der Waals surface area contributed by atoms with Gasteiger partial charge in [0.25, 0.3) is 5.91 Å². The number of carbonyl (C=O) groups excluding carboxylic acids is 2. The number of rotatable bonds is 4. The normalized spacial score (nSPS) is 19.8. The molecule has 0 aliphatic carbocycles. The van der Waals surface area contributed by atoms with E-state index in [4.69, 9.17) is 0 Å². The Balaban J connectivity index is 1.53. The molecule has 28 heavy (non-hydrogen) atoms. The molecule has 2 aliphatic heterocycles. The van der Waals surface area contributed by atoms with E-state index in [1.807, 2.05) is 23.1 Å². The Labute approximate surface area is 165 Å². The van der Waals surface area contributed by atoms with E-state index < -0.39 is 5.41 Å². The van der Waals surface area contributed by atoms with Crippen LogP contribution >= 0.6 is 0 Å². The number of hydrogen-bond acceptors (Lipinski definition) is 4. The topological polar surface area (TPSA) is 72.5 Å². The number of hydrogen-bond donors (Lipinski definition) is 1. The van der Waals surface area contributed by atoms with Gasteiger partial charge in [-0.25, -0.2) is 0 Å². The van der Waals surface area contributed by atoms with Crippen molar-refractivity contribution in [1.29, 1.82) is 0 Å². The molecule has 1 N–H and O–H groups in total. The molecule has 1 aromatic carbocycles. The lowest BCUT2D eigenvalue weighted by atomic mass is 9.73. The third kappa shape index (κ3) is 3.67. The minimum atomic E-state index is -0.538. The van der Waals surface area contributed by atoms with Crippen LogP contribution in [0.4, 0.5) is 0 Å². The second kappa shape index (κ2) is 7.75. The van der Waals surface area contributed by atoms with E-state index in [-0.39, 0.29) is 11.8 Å². The Morgan fingerprint density at radius 3 is 2.57 bits per heavy atom. The van der Waals surface area contributed by atoms with Gasteiger partial charge < -0.3 is 14.7 Å². The molecule has 1 aromatic heterocycles. The van der Waals surface area contributed by atoms with Crippen molar-refractivity contribution >= 4 is 11.8 Å². The first-order valence-corrected chi connectivity index (χ1v) is 9.87. The van der Waals surface area contributed by atoms with Crippen LogP contribution < -0.4 is 0 Å². The molecule has 7 heteroatoms. The van der Waals surface area contributed by atoms with Crippen LogP contribution in [0, 0.1) is 5.41 Å². The van der Waals surface area contributed by atoms with Gasteiger partial charge in [0.1, 0.15) is 0 Å². The monoisotopic (exact) mass is 381 g/mol. The number of aromatic amines is 1. The quantitative estimate of drug-likeness (QED) is 0.865. The number of H-pyrrole nitrogens is 1. The summed E-state index contributed by atoms with van der Waals surface area (Å²) in [5.74, 6) is 0.115. The molecule has 3 heterocycles. The first kappa shape index (κ1) is 18.7. The van der Waals surface area contributed by atoms with Gasteiger partial charge in [-0.1, -0.05) is 30.3 Å². The lowest BCUT2D eigenvalue weighted by Crippen LogP contribution is -2.66. The Bertz CT molecular complexity index is 815. The SMILES string of the molecule is CN1CCCN(C(=O)C2(Cc3ccccc3)CN(C(=O)c3cn[nH]c3)C2)CC1. The summed E-state index contributed by atoms with van der Waals surface area (Å²) in [6, 6.07) is 10.1. The number of carbonyl (C=O) groups is 2. The molecule has 2 aromatic rings. The van der Waals surface area contributed by atoms with Crippen molar-refractivity contribution in [2.24, 2.45) is 5.41 Å². The number of nitrogens with one attached hydrogen (secondary N) is 1. The summed E-state index contributed by atoms with van der Waals surface area (Å²) in [4.78, 5) is 32.3. The van der Waals surface area contributed by atoms with Crippen molar-refractivity contribution in [3.63, 3.8) is 0 Å². The summed E-state index contributed by atoms with van der Waals surface area (Å²) >= 11 is 0. The molecule has 0 unspecified atom stereocenters. The molecule has 148 valence electrons. The third-order valence-electron chi connectivity index (χ3n) is 5.87. The van der Waals surface area contributed by atoms with Gasteiger partial charge in [0.15, 0.2) is 0 Å². The van der Waals surface area contributed by atoms with Crippen LogP contribution in [0.3, 0.4) is 0 Å². The molecule has 7 nitrogen and oxygen atoms in total. The summed E-state index contributed by atoms with van der Waals surface area (Å²) < 4.78 is 0. The second-order valence-corrected chi connectivity index (χ2v) is 8.04. The van der Waals surface area contributed by atoms with Gasteiger partial charge in [0.05, 0.1) is 17.2 Å². The first-order valence-electron chi connectivity index (χ1n) is 9.87. The maximum atomic E-state index is 13.6. The number of amides is 2. The van der Waals surface area contributed by atoms with Crippen molar-refractivity contribution in [3.05, 3.63) is 53.9 Å². The third-order valence-corrected chi connectivity index (χ3v) is 5.87. The van der Waals surface area contributed by atoms with Crippen molar-refractivity contribution in [1.82, 2.24) is 24.9 Å². The van der Waals surface area contributed by atoms with Gasteiger partial charge in [-0.05, 0) is 32.0 Å². The molecule has 0 saturated carbocycles. The van der Waals surface area contributed by atoms with Gasteiger partial charge in [-0.3, -0.25) is 14.7 Å². The molecular weight excluding hydrogens is 354 g/mol. The summed E-state index contributed by atoms with van der Waals surface area (Å²) in [6.07, 6.45) is 4.79. The maximum absolute atomic E-state index is 13.6. The van der Waals surface area contributed by atoms with Gasteiger partial charge in [-0.2, -0.15) is 5.10 Å². The smallest absolute Gasteiger partial charge is 0.257 e. The number of benzene rings is 1. The molecular formula is C21H27N5O2. The molecule has 0 bridgehead atoms. The fourth-order valence-electron chi connectivity index (χ4n) is 4.27.